The highest BCUT2D eigenvalue weighted by Crippen LogP contribution is 2.43. The maximum Gasteiger partial charge on any atom is 0.502 e. The van der Waals surface area contributed by atoms with Gasteiger partial charge < -0.3 is 9.47 Å². The maximum atomic E-state index is 13.2. The topological polar surface area (TPSA) is 111 Å². The lowest BCUT2D eigenvalue weighted by atomic mass is 10.2. The molecule has 1 aromatic heterocycles. The lowest BCUT2D eigenvalue weighted by molar-refractivity contribution is -0.145. The van der Waals surface area contributed by atoms with Gasteiger partial charge in [-0.15, -0.1) is 0 Å². The average Bonchev–Trinajstić information content (AvgIpc) is 3.03. The molecule has 2 rings (SSSR count). The van der Waals surface area contributed by atoms with E-state index in [1.54, 1.807) is 0 Å². The molecule has 2 aromatic rings. The molecule has 0 saturated carbocycles. The van der Waals surface area contributed by atoms with E-state index in [4.69, 9.17) is 33.2 Å². The van der Waals surface area contributed by atoms with E-state index < -0.39 is 71.9 Å². The third-order valence-corrected chi connectivity index (χ3v) is 5.76. The number of rotatable bonds is 6. The van der Waals surface area contributed by atoms with Gasteiger partial charge in [0, 0.05) is 0 Å². The Morgan fingerprint density at radius 3 is 2.15 bits per heavy atom. The molecule has 180 valence electrons. The average molecular weight is 540 g/mol. The van der Waals surface area contributed by atoms with Gasteiger partial charge in [-0.1, -0.05) is 23.2 Å². The molecule has 0 bridgehead atoms. The van der Waals surface area contributed by atoms with Gasteiger partial charge in [-0.25, -0.2) is 13.2 Å². The Balaban J connectivity index is 2.87. The van der Waals surface area contributed by atoms with Crippen molar-refractivity contribution >= 4 is 39.0 Å². The number of hydrogen-bond donors (Lipinski definition) is 0. The lowest BCUT2D eigenvalue weighted by Crippen LogP contribution is -2.25. The second-order valence-electron chi connectivity index (χ2n) is 5.84. The highest BCUT2D eigenvalue weighted by atomic mass is 35.5. The number of sulfone groups is 1. The van der Waals surface area contributed by atoms with E-state index in [1.807, 2.05) is 0 Å². The zero-order valence-electron chi connectivity index (χ0n) is 15.9. The van der Waals surface area contributed by atoms with Crippen LogP contribution in [0.5, 0.6) is 5.88 Å². The zero-order chi connectivity index (χ0) is 25.4. The van der Waals surface area contributed by atoms with Crippen LogP contribution in [0.1, 0.15) is 18.2 Å². The number of carbonyl (C=O) groups excluding carboxylic acids is 1. The molecule has 0 fully saturated rings. The van der Waals surface area contributed by atoms with Gasteiger partial charge in [0.05, 0.1) is 22.2 Å². The molecule has 0 amide bonds. The number of nitrogens with zero attached hydrogens (tertiary/aromatic N) is 3. The second-order valence-corrected chi connectivity index (χ2v) is 8.53. The molecule has 0 aliphatic carbocycles. The van der Waals surface area contributed by atoms with E-state index in [9.17, 15) is 39.6 Å². The molecule has 0 aliphatic rings. The van der Waals surface area contributed by atoms with Gasteiger partial charge in [0.1, 0.15) is 11.8 Å². The van der Waals surface area contributed by atoms with Gasteiger partial charge in [-0.3, -0.25) is 0 Å². The molecule has 0 atom stereocenters. The minimum Gasteiger partial charge on any atom is -0.465 e. The summed E-state index contributed by atoms with van der Waals surface area (Å²) in [5, 5.41) is 10.9. The highest BCUT2D eigenvalue weighted by Gasteiger charge is 2.52. The monoisotopic (exact) mass is 539 g/mol. The Hall–Kier alpha value is -2.70. The van der Waals surface area contributed by atoms with E-state index in [0.29, 0.717) is 12.1 Å². The first kappa shape index (κ1) is 26.6. The standard InChI is InChI=1S/C16H9Cl2F6N3O5S/c1-2-31-11(28)6-32-14-13(33(29,30)16(22,23)24)10(5-25)26-27(14)12-8(17)3-7(4-9(12)18)15(19,20)21/h3-4H,2,6H2,1H3. The van der Waals surface area contributed by atoms with Crippen molar-refractivity contribution in [2.24, 2.45) is 0 Å². The Labute approximate surface area is 191 Å². The summed E-state index contributed by atoms with van der Waals surface area (Å²) in [7, 11) is -6.30. The highest BCUT2D eigenvalue weighted by molar-refractivity contribution is 7.92. The number of esters is 1. The predicted molar refractivity (Wildman–Crippen MR) is 98.7 cm³/mol. The van der Waals surface area contributed by atoms with E-state index in [1.165, 1.54) is 6.92 Å². The molecule has 1 heterocycles. The Kier molecular flexibility index (Phi) is 7.46. The van der Waals surface area contributed by atoms with E-state index in [-0.39, 0.29) is 11.3 Å². The summed E-state index contributed by atoms with van der Waals surface area (Å²) in [6.45, 7) is 0.0625. The van der Waals surface area contributed by atoms with Crippen LogP contribution in [-0.2, 0) is 25.5 Å². The molecule has 0 aliphatic heterocycles. The molecule has 0 N–H and O–H groups in total. The number of halogens is 8. The molecule has 0 saturated heterocycles. The number of benzene rings is 1. The molecule has 0 unspecified atom stereocenters. The first-order valence-corrected chi connectivity index (χ1v) is 10.5. The fourth-order valence-corrected chi connectivity index (χ4v) is 3.95. The quantitative estimate of drug-likeness (QED) is 0.397. The zero-order valence-corrected chi connectivity index (χ0v) is 18.2. The van der Waals surface area contributed by atoms with Crippen molar-refractivity contribution in [2.75, 3.05) is 13.2 Å². The molecular formula is C16H9Cl2F6N3O5S. The largest absolute Gasteiger partial charge is 0.502 e. The summed E-state index contributed by atoms with van der Waals surface area (Å²) in [4.78, 5) is 9.80. The predicted octanol–water partition coefficient (Wildman–Crippen LogP) is 4.30. The molecule has 33 heavy (non-hydrogen) atoms. The van der Waals surface area contributed by atoms with Crippen molar-refractivity contribution in [3.63, 3.8) is 0 Å². The van der Waals surface area contributed by atoms with E-state index in [2.05, 4.69) is 9.84 Å². The summed E-state index contributed by atoms with van der Waals surface area (Å²) >= 11 is 11.6. The van der Waals surface area contributed by atoms with E-state index in [0.717, 1.165) is 6.07 Å². The van der Waals surface area contributed by atoms with Crippen LogP contribution in [0.15, 0.2) is 17.0 Å². The van der Waals surface area contributed by atoms with Gasteiger partial charge in [-0.2, -0.15) is 41.4 Å². The van der Waals surface area contributed by atoms with Gasteiger partial charge in [-0.05, 0) is 19.1 Å². The van der Waals surface area contributed by atoms with Gasteiger partial charge >= 0.3 is 17.7 Å². The van der Waals surface area contributed by atoms with Crippen molar-refractivity contribution in [3.05, 3.63) is 33.4 Å². The molecule has 0 radical (unpaired) electrons. The minimum atomic E-state index is -6.30. The van der Waals surface area contributed by atoms with Crippen LogP contribution in [0.2, 0.25) is 10.0 Å². The summed E-state index contributed by atoms with van der Waals surface area (Å²) in [6, 6.07) is 1.79. The number of ether oxygens (including phenoxy) is 2. The third kappa shape index (κ3) is 5.28. The van der Waals surface area contributed by atoms with Gasteiger partial charge in [0.15, 0.2) is 17.2 Å². The molecular weight excluding hydrogens is 531 g/mol. The number of alkyl halides is 6. The number of hydrogen-bond acceptors (Lipinski definition) is 7. The van der Waals surface area contributed by atoms with Gasteiger partial charge in [0.25, 0.3) is 9.84 Å². The number of aromatic nitrogens is 2. The number of carbonyl (C=O) groups is 1. The molecule has 17 heteroatoms. The van der Waals surface area contributed by atoms with Crippen molar-refractivity contribution in [2.45, 2.75) is 23.5 Å². The van der Waals surface area contributed by atoms with Crippen LogP contribution in [0.3, 0.4) is 0 Å². The van der Waals surface area contributed by atoms with Crippen LogP contribution in [0.25, 0.3) is 5.69 Å². The fourth-order valence-electron chi connectivity index (χ4n) is 2.36. The summed E-state index contributed by atoms with van der Waals surface area (Å²) < 4.78 is 112. The minimum absolute atomic E-state index is 0.171. The lowest BCUT2D eigenvalue weighted by Gasteiger charge is -2.15. The van der Waals surface area contributed by atoms with E-state index >= 15 is 0 Å². The van der Waals surface area contributed by atoms with Crippen molar-refractivity contribution in [1.29, 1.82) is 5.26 Å². The summed E-state index contributed by atoms with van der Waals surface area (Å²) in [5.74, 6) is -2.50. The van der Waals surface area contributed by atoms with Crippen molar-refractivity contribution in [1.82, 2.24) is 9.78 Å². The first-order valence-electron chi connectivity index (χ1n) is 8.25. The van der Waals surface area contributed by atoms with Crippen LogP contribution in [0.4, 0.5) is 26.3 Å². The van der Waals surface area contributed by atoms with Crippen molar-refractivity contribution in [3.8, 4) is 17.6 Å². The van der Waals surface area contributed by atoms with Crippen LogP contribution in [-0.4, -0.2) is 42.9 Å². The van der Waals surface area contributed by atoms with Gasteiger partial charge in [0.2, 0.25) is 5.88 Å². The second kappa shape index (κ2) is 9.27. The maximum absolute atomic E-state index is 13.2. The number of nitriles is 1. The Morgan fingerprint density at radius 1 is 1.18 bits per heavy atom. The summed E-state index contributed by atoms with van der Waals surface area (Å²) in [6.07, 6.45) is -4.91. The molecule has 0 spiro atoms. The summed E-state index contributed by atoms with van der Waals surface area (Å²) in [5.41, 5.74) is -9.38. The fraction of sp³-hybridized carbons (Fsp3) is 0.312. The third-order valence-electron chi connectivity index (χ3n) is 3.67. The smallest absolute Gasteiger partial charge is 0.465 e. The van der Waals surface area contributed by atoms with Crippen molar-refractivity contribution < 1.29 is 49.0 Å². The molecule has 8 nitrogen and oxygen atoms in total. The molecule has 1 aromatic carbocycles. The van der Waals surface area contributed by atoms with Crippen LogP contribution in [0, 0.1) is 11.3 Å². The normalized spacial score (nSPS) is 12.4. The first-order chi connectivity index (χ1) is 15.1. The SMILES string of the molecule is CCOC(=O)COc1c(S(=O)(=O)C(F)(F)F)c(C#N)nn1-c1c(Cl)cc(C(F)(F)F)cc1Cl. The Bertz CT molecular complexity index is 1210. The van der Waals surface area contributed by atoms with Crippen LogP contribution >= 0.6 is 23.2 Å². The Morgan fingerprint density at radius 2 is 1.73 bits per heavy atom. The van der Waals surface area contributed by atoms with Crippen LogP contribution < -0.4 is 4.74 Å².